The van der Waals surface area contributed by atoms with Crippen molar-refractivity contribution in [2.75, 3.05) is 0 Å². The van der Waals surface area contributed by atoms with Gasteiger partial charge in [-0.3, -0.25) is 0 Å². The Bertz CT molecular complexity index is 415. The molecule has 0 fully saturated rings. The SMILES string of the molecule is N#C/C(=C/c1ccc(F)cc1)C(=O)O. The molecule has 0 saturated heterocycles. The molecule has 0 aliphatic carbocycles. The lowest BCUT2D eigenvalue weighted by molar-refractivity contribution is -0.132. The second-order valence-corrected chi connectivity index (χ2v) is 2.53. The molecule has 0 heterocycles. The van der Waals surface area contributed by atoms with Crippen LogP contribution >= 0.6 is 0 Å². The third-order valence-corrected chi connectivity index (χ3v) is 1.53. The molecular weight excluding hydrogens is 185 g/mol. The highest BCUT2D eigenvalue weighted by molar-refractivity contribution is 5.96. The van der Waals surface area contributed by atoms with Gasteiger partial charge in [0.2, 0.25) is 0 Å². The molecule has 0 aliphatic heterocycles. The Hall–Kier alpha value is -2.15. The highest BCUT2D eigenvalue weighted by atomic mass is 19.1. The van der Waals surface area contributed by atoms with Crippen molar-refractivity contribution in [3.8, 4) is 6.07 Å². The van der Waals surface area contributed by atoms with Gasteiger partial charge in [0.25, 0.3) is 0 Å². The van der Waals surface area contributed by atoms with Gasteiger partial charge in [-0.2, -0.15) is 5.26 Å². The molecule has 1 N–H and O–H groups in total. The normalized spacial score (nSPS) is 10.7. The fourth-order valence-corrected chi connectivity index (χ4v) is 0.868. The van der Waals surface area contributed by atoms with E-state index in [1.165, 1.54) is 36.4 Å². The number of aliphatic carboxylic acids is 1. The molecule has 1 aromatic rings. The summed E-state index contributed by atoms with van der Waals surface area (Å²) in [6, 6.07) is 6.72. The van der Waals surface area contributed by atoms with E-state index in [9.17, 15) is 9.18 Å². The molecule has 0 aliphatic rings. The summed E-state index contributed by atoms with van der Waals surface area (Å²) in [5.41, 5.74) is 0.0990. The first-order chi connectivity index (χ1) is 6.63. The number of carboxylic acids is 1. The Kier molecular flexibility index (Phi) is 2.97. The van der Waals surface area contributed by atoms with Crippen molar-refractivity contribution in [3.05, 3.63) is 41.2 Å². The Balaban J connectivity index is 3.03. The zero-order valence-electron chi connectivity index (χ0n) is 7.07. The van der Waals surface area contributed by atoms with Gasteiger partial charge in [-0.1, -0.05) is 12.1 Å². The third kappa shape index (κ3) is 2.42. The van der Waals surface area contributed by atoms with Crippen LogP contribution in [0.25, 0.3) is 6.08 Å². The predicted molar refractivity (Wildman–Crippen MR) is 47.6 cm³/mol. The minimum atomic E-state index is -1.29. The lowest BCUT2D eigenvalue weighted by Crippen LogP contribution is -1.97. The summed E-state index contributed by atoms with van der Waals surface area (Å²) in [5, 5.41) is 17.0. The van der Waals surface area contributed by atoms with E-state index in [0.717, 1.165) is 0 Å². The summed E-state index contributed by atoms with van der Waals surface area (Å²) in [4.78, 5) is 10.4. The van der Waals surface area contributed by atoms with Crippen LogP contribution in [0.2, 0.25) is 0 Å². The first kappa shape index (κ1) is 9.93. The van der Waals surface area contributed by atoms with Crippen LogP contribution in [0.4, 0.5) is 4.39 Å². The maximum absolute atomic E-state index is 12.5. The summed E-state index contributed by atoms with van der Waals surface area (Å²) in [6.45, 7) is 0. The number of hydrogen-bond donors (Lipinski definition) is 1. The minimum absolute atomic E-state index is 0.378. The summed E-state index contributed by atoms with van der Waals surface area (Å²) in [7, 11) is 0. The fraction of sp³-hybridized carbons (Fsp3) is 0. The van der Waals surface area contributed by atoms with Gasteiger partial charge in [-0.15, -0.1) is 0 Å². The Labute approximate surface area is 79.7 Å². The van der Waals surface area contributed by atoms with Crippen LogP contribution in [0.5, 0.6) is 0 Å². The second kappa shape index (κ2) is 4.19. The van der Waals surface area contributed by atoms with Crippen LogP contribution < -0.4 is 0 Å². The van der Waals surface area contributed by atoms with Crippen LogP contribution in [0.15, 0.2) is 29.8 Å². The van der Waals surface area contributed by atoms with Gasteiger partial charge in [0.15, 0.2) is 0 Å². The van der Waals surface area contributed by atoms with E-state index in [-0.39, 0.29) is 5.57 Å². The van der Waals surface area contributed by atoms with Crippen LogP contribution in [0.3, 0.4) is 0 Å². The first-order valence-electron chi connectivity index (χ1n) is 3.74. The van der Waals surface area contributed by atoms with Gasteiger partial charge >= 0.3 is 5.97 Å². The first-order valence-corrected chi connectivity index (χ1v) is 3.74. The summed E-state index contributed by atoms with van der Waals surface area (Å²) in [6.07, 6.45) is 1.18. The van der Waals surface area contributed by atoms with Crippen LogP contribution in [-0.4, -0.2) is 11.1 Å². The van der Waals surface area contributed by atoms with Crippen molar-refractivity contribution in [3.63, 3.8) is 0 Å². The quantitative estimate of drug-likeness (QED) is 0.572. The minimum Gasteiger partial charge on any atom is -0.477 e. The number of nitrogens with zero attached hydrogens (tertiary/aromatic N) is 1. The van der Waals surface area contributed by atoms with Crippen LogP contribution in [0.1, 0.15) is 5.56 Å². The van der Waals surface area contributed by atoms with Gasteiger partial charge < -0.3 is 5.11 Å². The molecule has 0 unspecified atom stereocenters. The van der Waals surface area contributed by atoms with Crippen LogP contribution in [-0.2, 0) is 4.79 Å². The van der Waals surface area contributed by atoms with Gasteiger partial charge in [-0.25, -0.2) is 9.18 Å². The molecule has 0 amide bonds. The van der Waals surface area contributed by atoms with Crippen molar-refractivity contribution in [1.29, 1.82) is 5.26 Å². The van der Waals surface area contributed by atoms with E-state index >= 15 is 0 Å². The smallest absolute Gasteiger partial charge is 0.346 e. The van der Waals surface area contributed by atoms with Crippen molar-refractivity contribution < 1.29 is 14.3 Å². The molecule has 0 aromatic heterocycles. The number of halogens is 1. The molecule has 0 bridgehead atoms. The molecular formula is C10H6FNO2. The van der Waals surface area contributed by atoms with Crippen molar-refractivity contribution in [2.24, 2.45) is 0 Å². The van der Waals surface area contributed by atoms with E-state index in [2.05, 4.69) is 0 Å². The average Bonchev–Trinajstić information content (AvgIpc) is 2.16. The maximum Gasteiger partial charge on any atom is 0.346 e. The molecule has 3 nitrogen and oxygen atoms in total. The number of nitriles is 1. The molecule has 70 valence electrons. The van der Waals surface area contributed by atoms with Gasteiger partial charge in [0.1, 0.15) is 17.5 Å². The van der Waals surface area contributed by atoms with Gasteiger partial charge in [0.05, 0.1) is 0 Å². The highest BCUT2D eigenvalue weighted by Gasteiger charge is 2.04. The van der Waals surface area contributed by atoms with Crippen molar-refractivity contribution >= 4 is 12.0 Å². The van der Waals surface area contributed by atoms with E-state index in [0.29, 0.717) is 5.56 Å². The van der Waals surface area contributed by atoms with E-state index in [1.807, 2.05) is 0 Å². The lowest BCUT2D eigenvalue weighted by atomic mass is 10.1. The number of carbonyl (C=O) groups is 1. The molecule has 1 aromatic carbocycles. The topological polar surface area (TPSA) is 61.1 Å². The van der Waals surface area contributed by atoms with Crippen LogP contribution in [0, 0.1) is 17.1 Å². The Morgan fingerprint density at radius 2 is 2.00 bits per heavy atom. The molecule has 0 radical (unpaired) electrons. The second-order valence-electron chi connectivity index (χ2n) is 2.53. The lowest BCUT2D eigenvalue weighted by Gasteiger charge is -1.93. The Morgan fingerprint density at radius 1 is 1.43 bits per heavy atom. The number of benzene rings is 1. The largest absolute Gasteiger partial charge is 0.477 e. The molecule has 0 spiro atoms. The van der Waals surface area contributed by atoms with E-state index in [1.54, 1.807) is 0 Å². The number of carboxylic acid groups (broad SMARTS) is 1. The number of rotatable bonds is 2. The van der Waals surface area contributed by atoms with Gasteiger partial charge in [-0.05, 0) is 23.8 Å². The van der Waals surface area contributed by atoms with E-state index in [4.69, 9.17) is 10.4 Å². The van der Waals surface area contributed by atoms with Crippen molar-refractivity contribution in [1.82, 2.24) is 0 Å². The Morgan fingerprint density at radius 3 is 2.43 bits per heavy atom. The summed E-state index contributed by atoms with van der Waals surface area (Å²) < 4.78 is 12.5. The third-order valence-electron chi connectivity index (χ3n) is 1.53. The summed E-state index contributed by atoms with van der Waals surface area (Å²) in [5.74, 6) is -1.70. The van der Waals surface area contributed by atoms with Crippen molar-refractivity contribution in [2.45, 2.75) is 0 Å². The molecule has 14 heavy (non-hydrogen) atoms. The molecule has 0 saturated carbocycles. The predicted octanol–water partition coefficient (Wildman–Crippen LogP) is 1.82. The molecule has 4 heteroatoms. The standard InChI is InChI=1S/C10H6FNO2/c11-9-3-1-7(2-4-9)5-8(6-12)10(13)14/h1-5H,(H,13,14)/b8-5-. The zero-order chi connectivity index (χ0) is 10.6. The fourth-order valence-electron chi connectivity index (χ4n) is 0.868. The van der Waals surface area contributed by atoms with E-state index < -0.39 is 11.8 Å². The highest BCUT2D eigenvalue weighted by Crippen LogP contribution is 2.07. The number of hydrogen-bond acceptors (Lipinski definition) is 2. The molecule has 0 atom stereocenters. The maximum atomic E-state index is 12.5. The average molecular weight is 191 g/mol. The molecule has 1 rings (SSSR count). The zero-order valence-corrected chi connectivity index (χ0v) is 7.07. The van der Waals surface area contributed by atoms with Gasteiger partial charge in [0, 0.05) is 0 Å². The summed E-state index contributed by atoms with van der Waals surface area (Å²) >= 11 is 0. The monoisotopic (exact) mass is 191 g/mol.